The van der Waals surface area contributed by atoms with Crippen LogP contribution in [-0.4, -0.2) is 21.1 Å². The number of hydrogen-bond acceptors (Lipinski definition) is 5. The van der Waals surface area contributed by atoms with Crippen LogP contribution in [-0.2, 0) is 11.0 Å². The van der Waals surface area contributed by atoms with Gasteiger partial charge in [-0.25, -0.2) is 9.97 Å². The van der Waals surface area contributed by atoms with E-state index in [9.17, 15) is 18.0 Å². The van der Waals surface area contributed by atoms with Crippen molar-refractivity contribution in [2.75, 3.05) is 5.32 Å². The smallest absolute Gasteiger partial charge is 0.325 e. The van der Waals surface area contributed by atoms with Crippen molar-refractivity contribution in [2.24, 2.45) is 0 Å². The molecule has 1 amide bonds. The Kier molecular flexibility index (Phi) is 5.41. The molecule has 0 saturated carbocycles. The number of alkyl halides is 3. The SMILES string of the molecule is CC(Sc1nccc(C(F)(F)F)n1)C(=O)Nc1cccc(C#N)c1. The third-order valence-electron chi connectivity index (χ3n) is 2.83. The third-order valence-corrected chi connectivity index (χ3v) is 3.81. The first-order valence-corrected chi connectivity index (χ1v) is 7.55. The molecule has 0 bridgehead atoms. The van der Waals surface area contributed by atoms with Gasteiger partial charge in [-0.05, 0) is 31.2 Å². The number of carbonyl (C=O) groups excluding carboxylic acids is 1. The Balaban J connectivity index is 2.05. The van der Waals surface area contributed by atoms with Crippen LogP contribution in [0.4, 0.5) is 18.9 Å². The van der Waals surface area contributed by atoms with E-state index in [1.54, 1.807) is 18.2 Å². The quantitative estimate of drug-likeness (QED) is 0.673. The van der Waals surface area contributed by atoms with Gasteiger partial charge >= 0.3 is 6.18 Å². The molecule has 2 aromatic rings. The van der Waals surface area contributed by atoms with E-state index in [2.05, 4.69) is 15.3 Å². The Morgan fingerprint density at radius 2 is 2.12 bits per heavy atom. The predicted octanol–water partition coefficient (Wildman–Crippen LogP) is 3.49. The number of rotatable bonds is 4. The van der Waals surface area contributed by atoms with Crippen molar-refractivity contribution in [1.29, 1.82) is 5.26 Å². The number of carbonyl (C=O) groups is 1. The molecule has 9 heteroatoms. The number of thioether (sulfide) groups is 1. The summed E-state index contributed by atoms with van der Waals surface area (Å²) in [5.41, 5.74) is -0.250. The summed E-state index contributed by atoms with van der Waals surface area (Å²) in [6.45, 7) is 1.53. The second-order valence-electron chi connectivity index (χ2n) is 4.66. The molecule has 0 radical (unpaired) electrons. The van der Waals surface area contributed by atoms with E-state index in [0.717, 1.165) is 24.0 Å². The molecular weight excluding hydrogens is 341 g/mol. The molecule has 0 aliphatic rings. The Hall–Kier alpha value is -2.60. The summed E-state index contributed by atoms with van der Waals surface area (Å²) in [5, 5.41) is 10.5. The van der Waals surface area contributed by atoms with Crippen LogP contribution < -0.4 is 5.32 Å². The number of nitrogens with one attached hydrogen (secondary N) is 1. The molecule has 0 saturated heterocycles. The standard InChI is InChI=1S/C15H11F3N4OS/c1-9(13(23)21-11-4-2-3-10(7-11)8-19)24-14-20-6-5-12(22-14)15(16,17)18/h2-7,9H,1H3,(H,21,23). The fourth-order valence-corrected chi connectivity index (χ4v) is 2.43. The number of aromatic nitrogens is 2. The van der Waals surface area contributed by atoms with Crippen LogP contribution in [0.25, 0.3) is 0 Å². The predicted molar refractivity (Wildman–Crippen MR) is 82.1 cm³/mol. The molecule has 0 spiro atoms. The van der Waals surface area contributed by atoms with Gasteiger partial charge in [-0.2, -0.15) is 18.4 Å². The van der Waals surface area contributed by atoms with Crippen LogP contribution in [0.15, 0.2) is 41.7 Å². The lowest BCUT2D eigenvalue weighted by Crippen LogP contribution is -2.23. The fraction of sp³-hybridized carbons (Fsp3) is 0.200. The maximum absolute atomic E-state index is 12.6. The summed E-state index contributed by atoms with van der Waals surface area (Å²) < 4.78 is 37.9. The topological polar surface area (TPSA) is 78.7 Å². The van der Waals surface area contributed by atoms with E-state index in [-0.39, 0.29) is 5.16 Å². The molecule has 1 N–H and O–H groups in total. The Morgan fingerprint density at radius 3 is 2.79 bits per heavy atom. The van der Waals surface area contributed by atoms with Crippen LogP contribution in [0.5, 0.6) is 0 Å². The maximum Gasteiger partial charge on any atom is 0.433 e. The second kappa shape index (κ2) is 7.31. The minimum Gasteiger partial charge on any atom is -0.325 e. The number of nitriles is 1. The van der Waals surface area contributed by atoms with Gasteiger partial charge in [-0.1, -0.05) is 17.8 Å². The van der Waals surface area contributed by atoms with E-state index in [4.69, 9.17) is 5.26 Å². The van der Waals surface area contributed by atoms with Crippen LogP contribution in [0, 0.1) is 11.3 Å². The van der Waals surface area contributed by atoms with Gasteiger partial charge in [0.15, 0.2) is 5.16 Å². The number of halogens is 3. The van der Waals surface area contributed by atoms with Gasteiger partial charge < -0.3 is 5.32 Å². The molecule has 0 fully saturated rings. The first kappa shape index (κ1) is 17.7. The molecule has 1 atom stereocenters. The van der Waals surface area contributed by atoms with Gasteiger partial charge in [0.2, 0.25) is 5.91 Å². The monoisotopic (exact) mass is 352 g/mol. The zero-order chi connectivity index (χ0) is 17.7. The Labute approximate surface area is 139 Å². The van der Waals surface area contributed by atoms with E-state index >= 15 is 0 Å². The van der Waals surface area contributed by atoms with E-state index < -0.39 is 23.0 Å². The van der Waals surface area contributed by atoms with Crippen molar-refractivity contribution in [3.05, 3.63) is 47.8 Å². The van der Waals surface area contributed by atoms with Crippen LogP contribution >= 0.6 is 11.8 Å². The average molecular weight is 352 g/mol. The third kappa shape index (κ3) is 4.70. The molecule has 124 valence electrons. The number of nitrogens with zero attached hydrogens (tertiary/aromatic N) is 3. The summed E-state index contributed by atoms with van der Waals surface area (Å²) in [6, 6.07) is 9.02. The highest BCUT2D eigenvalue weighted by atomic mass is 32.2. The molecule has 5 nitrogen and oxygen atoms in total. The van der Waals surface area contributed by atoms with E-state index in [0.29, 0.717) is 11.3 Å². The molecule has 1 unspecified atom stereocenters. The second-order valence-corrected chi connectivity index (χ2v) is 5.97. The van der Waals surface area contributed by atoms with Crippen molar-refractivity contribution in [3.8, 4) is 6.07 Å². The van der Waals surface area contributed by atoms with Crippen molar-refractivity contribution in [1.82, 2.24) is 9.97 Å². The summed E-state index contributed by atoms with van der Waals surface area (Å²) in [5.74, 6) is -0.434. The first-order chi connectivity index (χ1) is 11.3. The van der Waals surface area contributed by atoms with Crippen molar-refractivity contribution < 1.29 is 18.0 Å². The zero-order valence-corrected chi connectivity index (χ0v) is 13.1. The van der Waals surface area contributed by atoms with Crippen molar-refractivity contribution in [2.45, 2.75) is 23.5 Å². The Bertz CT molecular complexity index is 789. The van der Waals surface area contributed by atoms with Crippen molar-refractivity contribution >= 4 is 23.4 Å². The minimum atomic E-state index is -4.57. The number of anilines is 1. The molecule has 0 aliphatic carbocycles. The highest BCUT2D eigenvalue weighted by molar-refractivity contribution is 8.00. The lowest BCUT2D eigenvalue weighted by molar-refractivity contribution is -0.141. The summed E-state index contributed by atoms with van der Waals surface area (Å²) >= 11 is 0.812. The van der Waals surface area contributed by atoms with Crippen molar-refractivity contribution in [3.63, 3.8) is 0 Å². The molecule has 1 heterocycles. The normalized spacial score (nSPS) is 12.3. The molecular formula is C15H11F3N4OS. The number of benzene rings is 1. The maximum atomic E-state index is 12.6. The summed E-state index contributed by atoms with van der Waals surface area (Å²) in [6.07, 6.45) is -3.57. The van der Waals surface area contributed by atoms with Gasteiger partial charge in [-0.15, -0.1) is 0 Å². The zero-order valence-electron chi connectivity index (χ0n) is 12.3. The molecule has 1 aromatic heterocycles. The lowest BCUT2D eigenvalue weighted by Gasteiger charge is -2.12. The fourth-order valence-electron chi connectivity index (χ4n) is 1.68. The molecule has 0 aliphatic heterocycles. The van der Waals surface area contributed by atoms with Gasteiger partial charge in [0, 0.05) is 11.9 Å². The van der Waals surface area contributed by atoms with Gasteiger partial charge in [-0.3, -0.25) is 4.79 Å². The van der Waals surface area contributed by atoms with E-state index in [1.807, 2.05) is 6.07 Å². The van der Waals surface area contributed by atoms with Crippen LogP contribution in [0.2, 0.25) is 0 Å². The molecule has 1 aromatic carbocycles. The number of amides is 1. The molecule has 2 rings (SSSR count). The molecule has 24 heavy (non-hydrogen) atoms. The Morgan fingerprint density at radius 1 is 1.38 bits per heavy atom. The van der Waals surface area contributed by atoms with E-state index in [1.165, 1.54) is 13.0 Å². The van der Waals surface area contributed by atoms with Gasteiger partial charge in [0.05, 0.1) is 16.9 Å². The average Bonchev–Trinajstić information content (AvgIpc) is 2.54. The summed E-state index contributed by atoms with van der Waals surface area (Å²) in [7, 11) is 0. The van der Waals surface area contributed by atoms with Crippen LogP contribution in [0.3, 0.4) is 0 Å². The number of hydrogen-bond donors (Lipinski definition) is 1. The largest absolute Gasteiger partial charge is 0.433 e. The van der Waals surface area contributed by atoms with Crippen LogP contribution in [0.1, 0.15) is 18.2 Å². The lowest BCUT2D eigenvalue weighted by atomic mass is 10.2. The minimum absolute atomic E-state index is 0.141. The highest BCUT2D eigenvalue weighted by Crippen LogP contribution is 2.29. The van der Waals surface area contributed by atoms with Gasteiger partial charge in [0.1, 0.15) is 5.69 Å². The summed E-state index contributed by atoms with van der Waals surface area (Å²) in [4.78, 5) is 19.2. The highest BCUT2D eigenvalue weighted by Gasteiger charge is 2.33. The van der Waals surface area contributed by atoms with Gasteiger partial charge in [0.25, 0.3) is 0 Å². The first-order valence-electron chi connectivity index (χ1n) is 6.67.